The molecule has 0 radical (unpaired) electrons. The molecule has 1 heterocycles. The molecule has 0 aromatic rings. The molecule has 1 amide bonds. The highest BCUT2D eigenvalue weighted by atomic mass is 16.2. The minimum absolute atomic E-state index is 0.0470. The third-order valence-electron chi connectivity index (χ3n) is 3.03. The monoisotopic (exact) mass is 209 g/mol. The lowest BCUT2D eigenvalue weighted by atomic mass is 9.80. The Balaban J connectivity index is 2.48. The Hall–Kier alpha value is -1.08. The topological polar surface area (TPSA) is 64.9 Å². The maximum absolute atomic E-state index is 12.0. The fraction of sp³-hybridized carbons (Fsp3) is 0.818. The van der Waals surface area contributed by atoms with Crippen LogP contribution in [0, 0.1) is 16.7 Å². The van der Waals surface area contributed by atoms with E-state index >= 15 is 0 Å². The van der Waals surface area contributed by atoms with E-state index in [0.717, 1.165) is 25.9 Å². The van der Waals surface area contributed by atoms with E-state index in [2.05, 4.69) is 16.7 Å². The minimum Gasteiger partial charge on any atom is -0.352 e. The van der Waals surface area contributed by atoms with Crippen molar-refractivity contribution in [2.24, 2.45) is 5.41 Å². The van der Waals surface area contributed by atoms with Crippen LogP contribution in [0.3, 0.4) is 0 Å². The SMILES string of the molecule is CC(CC#N)NC(=O)C1(C)CCNCC1. The number of rotatable bonds is 3. The molecule has 1 aliphatic heterocycles. The summed E-state index contributed by atoms with van der Waals surface area (Å²) >= 11 is 0. The number of nitriles is 1. The van der Waals surface area contributed by atoms with Gasteiger partial charge in [-0.3, -0.25) is 4.79 Å². The summed E-state index contributed by atoms with van der Waals surface area (Å²) in [5.74, 6) is 0.0896. The highest BCUT2D eigenvalue weighted by Gasteiger charge is 2.34. The van der Waals surface area contributed by atoms with E-state index in [-0.39, 0.29) is 17.4 Å². The smallest absolute Gasteiger partial charge is 0.226 e. The Morgan fingerprint density at radius 1 is 1.60 bits per heavy atom. The van der Waals surface area contributed by atoms with Gasteiger partial charge in [-0.2, -0.15) is 5.26 Å². The maximum Gasteiger partial charge on any atom is 0.226 e. The molecule has 1 unspecified atom stereocenters. The average molecular weight is 209 g/mol. The van der Waals surface area contributed by atoms with Crippen molar-refractivity contribution in [2.45, 2.75) is 39.2 Å². The molecule has 2 N–H and O–H groups in total. The highest BCUT2D eigenvalue weighted by molar-refractivity contribution is 5.82. The van der Waals surface area contributed by atoms with Crippen LogP contribution >= 0.6 is 0 Å². The number of carbonyl (C=O) groups is 1. The van der Waals surface area contributed by atoms with Crippen molar-refractivity contribution in [2.75, 3.05) is 13.1 Å². The molecule has 1 atom stereocenters. The van der Waals surface area contributed by atoms with Gasteiger partial charge >= 0.3 is 0 Å². The standard InChI is InChI=1S/C11H19N3O/c1-9(3-6-12)14-10(15)11(2)4-7-13-8-5-11/h9,13H,3-5,7-8H2,1-2H3,(H,14,15). The normalized spacial score (nSPS) is 21.4. The zero-order valence-corrected chi connectivity index (χ0v) is 9.47. The van der Waals surface area contributed by atoms with E-state index in [0.29, 0.717) is 6.42 Å². The van der Waals surface area contributed by atoms with Crippen LogP contribution in [0.2, 0.25) is 0 Å². The molecular weight excluding hydrogens is 190 g/mol. The molecule has 0 saturated carbocycles. The van der Waals surface area contributed by atoms with Crippen molar-refractivity contribution < 1.29 is 4.79 Å². The Morgan fingerprint density at radius 3 is 2.73 bits per heavy atom. The molecule has 1 rings (SSSR count). The number of piperidine rings is 1. The summed E-state index contributed by atoms with van der Waals surface area (Å²) in [7, 11) is 0. The van der Waals surface area contributed by atoms with Gasteiger partial charge in [0, 0.05) is 11.5 Å². The van der Waals surface area contributed by atoms with Crippen LogP contribution in [0.4, 0.5) is 0 Å². The van der Waals surface area contributed by atoms with Gasteiger partial charge < -0.3 is 10.6 Å². The van der Waals surface area contributed by atoms with Crippen LogP contribution in [-0.4, -0.2) is 25.0 Å². The molecule has 0 aromatic heterocycles. The Kier molecular flexibility index (Phi) is 4.10. The van der Waals surface area contributed by atoms with E-state index in [1.807, 2.05) is 13.8 Å². The summed E-state index contributed by atoms with van der Waals surface area (Å²) in [5.41, 5.74) is -0.255. The number of nitrogens with zero attached hydrogens (tertiary/aromatic N) is 1. The molecule has 15 heavy (non-hydrogen) atoms. The van der Waals surface area contributed by atoms with Crippen LogP contribution in [0.5, 0.6) is 0 Å². The van der Waals surface area contributed by atoms with Gasteiger partial charge in [-0.1, -0.05) is 6.92 Å². The first-order chi connectivity index (χ1) is 7.08. The summed E-state index contributed by atoms with van der Waals surface area (Å²) in [6.45, 7) is 5.67. The van der Waals surface area contributed by atoms with Crippen LogP contribution in [0.15, 0.2) is 0 Å². The molecule has 84 valence electrons. The van der Waals surface area contributed by atoms with Crippen molar-refractivity contribution in [3.63, 3.8) is 0 Å². The Bertz CT molecular complexity index is 263. The van der Waals surface area contributed by atoms with Gasteiger partial charge in [0.05, 0.1) is 12.5 Å². The maximum atomic E-state index is 12.0. The molecule has 0 aromatic carbocycles. The number of hydrogen-bond donors (Lipinski definition) is 2. The zero-order valence-electron chi connectivity index (χ0n) is 9.47. The zero-order chi connectivity index (χ0) is 11.3. The second kappa shape index (κ2) is 5.13. The Morgan fingerprint density at radius 2 is 2.20 bits per heavy atom. The lowest BCUT2D eigenvalue weighted by molar-refractivity contribution is -0.132. The van der Waals surface area contributed by atoms with Gasteiger partial charge in [0.25, 0.3) is 0 Å². The van der Waals surface area contributed by atoms with Gasteiger partial charge in [-0.05, 0) is 32.9 Å². The molecule has 0 bridgehead atoms. The summed E-state index contributed by atoms with van der Waals surface area (Å²) in [5, 5.41) is 14.7. The lowest BCUT2D eigenvalue weighted by Crippen LogP contribution is -2.48. The van der Waals surface area contributed by atoms with E-state index in [1.165, 1.54) is 0 Å². The van der Waals surface area contributed by atoms with Crippen LogP contribution in [0.25, 0.3) is 0 Å². The largest absolute Gasteiger partial charge is 0.352 e. The highest BCUT2D eigenvalue weighted by Crippen LogP contribution is 2.28. The Labute approximate surface area is 91.0 Å². The summed E-state index contributed by atoms with van der Waals surface area (Å²) < 4.78 is 0. The second-order valence-electron chi connectivity index (χ2n) is 4.55. The summed E-state index contributed by atoms with van der Waals surface area (Å²) in [4.78, 5) is 12.0. The lowest BCUT2D eigenvalue weighted by Gasteiger charge is -2.33. The van der Waals surface area contributed by atoms with Crippen molar-refractivity contribution in [1.29, 1.82) is 5.26 Å². The minimum atomic E-state index is -0.255. The second-order valence-corrected chi connectivity index (χ2v) is 4.55. The quantitative estimate of drug-likeness (QED) is 0.722. The van der Waals surface area contributed by atoms with Crippen molar-refractivity contribution in [1.82, 2.24) is 10.6 Å². The third kappa shape index (κ3) is 3.21. The fourth-order valence-corrected chi connectivity index (χ4v) is 1.79. The number of amides is 1. The molecule has 0 spiro atoms. The van der Waals surface area contributed by atoms with Crippen LogP contribution < -0.4 is 10.6 Å². The van der Waals surface area contributed by atoms with E-state index in [4.69, 9.17) is 5.26 Å². The summed E-state index contributed by atoms with van der Waals surface area (Å²) in [6, 6.07) is 2.01. The molecule has 1 aliphatic rings. The van der Waals surface area contributed by atoms with Crippen LogP contribution in [-0.2, 0) is 4.79 Å². The average Bonchev–Trinajstić information content (AvgIpc) is 2.19. The van der Waals surface area contributed by atoms with E-state index in [1.54, 1.807) is 0 Å². The number of hydrogen-bond acceptors (Lipinski definition) is 3. The molecule has 1 fully saturated rings. The summed E-state index contributed by atoms with van der Waals surface area (Å²) in [6.07, 6.45) is 2.12. The molecule has 1 saturated heterocycles. The van der Waals surface area contributed by atoms with E-state index < -0.39 is 0 Å². The predicted octanol–water partition coefficient (Wildman–Crippen LogP) is 0.794. The first kappa shape index (κ1) is 12.0. The van der Waals surface area contributed by atoms with E-state index in [9.17, 15) is 4.79 Å². The molecule has 4 heteroatoms. The van der Waals surface area contributed by atoms with Gasteiger partial charge in [0.15, 0.2) is 0 Å². The van der Waals surface area contributed by atoms with Gasteiger partial charge in [-0.25, -0.2) is 0 Å². The first-order valence-corrected chi connectivity index (χ1v) is 5.47. The third-order valence-corrected chi connectivity index (χ3v) is 3.03. The van der Waals surface area contributed by atoms with Gasteiger partial charge in [0.2, 0.25) is 5.91 Å². The van der Waals surface area contributed by atoms with Crippen molar-refractivity contribution in [3.05, 3.63) is 0 Å². The van der Waals surface area contributed by atoms with Crippen molar-refractivity contribution in [3.8, 4) is 6.07 Å². The fourth-order valence-electron chi connectivity index (χ4n) is 1.79. The first-order valence-electron chi connectivity index (χ1n) is 5.47. The number of carbonyl (C=O) groups excluding carboxylic acids is 1. The van der Waals surface area contributed by atoms with Crippen molar-refractivity contribution >= 4 is 5.91 Å². The molecular formula is C11H19N3O. The van der Waals surface area contributed by atoms with Gasteiger partial charge in [-0.15, -0.1) is 0 Å². The molecule has 4 nitrogen and oxygen atoms in total. The molecule has 0 aliphatic carbocycles. The number of nitrogens with one attached hydrogen (secondary N) is 2. The predicted molar refractivity (Wildman–Crippen MR) is 58.0 cm³/mol. The van der Waals surface area contributed by atoms with Gasteiger partial charge in [0.1, 0.15) is 0 Å². The van der Waals surface area contributed by atoms with Crippen LogP contribution in [0.1, 0.15) is 33.1 Å².